The van der Waals surface area contributed by atoms with Gasteiger partial charge in [-0.1, -0.05) is 0 Å². The van der Waals surface area contributed by atoms with Gasteiger partial charge in [0.1, 0.15) is 12.1 Å². The van der Waals surface area contributed by atoms with Crippen molar-refractivity contribution in [3.63, 3.8) is 0 Å². The Kier molecular flexibility index (Phi) is 2.83. The zero-order chi connectivity index (χ0) is 12.4. The van der Waals surface area contributed by atoms with Crippen molar-refractivity contribution in [3.05, 3.63) is 17.8 Å². The molecule has 0 saturated carbocycles. The molecule has 1 aromatic heterocycles. The van der Waals surface area contributed by atoms with Gasteiger partial charge in [-0.25, -0.2) is 4.98 Å². The first-order valence-corrected chi connectivity index (χ1v) is 5.35. The number of amides is 1. The van der Waals surface area contributed by atoms with Crippen molar-refractivity contribution in [1.29, 1.82) is 5.26 Å². The minimum absolute atomic E-state index is 0.349. The zero-order valence-corrected chi connectivity index (χ0v) is 9.26. The minimum atomic E-state index is -0.368. The molecule has 2 rings (SSSR count). The van der Waals surface area contributed by atoms with Gasteiger partial charge in [0, 0.05) is 12.7 Å². The molecule has 0 spiro atoms. The van der Waals surface area contributed by atoms with E-state index < -0.39 is 0 Å². The summed E-state index contributed by atoms with van der Waals surface area (Å²) >= 11 is 0. The molecular formula is C11H13N5O. The number of carbonyl (C=O) groups excluding carboxylic acids is 1. The predicted molar refractivity (Wildman–Crippen MR) is 62.9 cm³/mol. The molecule has 1 saturated heterocycles. The lowest BCUT2D eigenvalue weighted by molar-refractivity contribution is -0.119. The number of aromatic nitrogens is 1. The first-order valence-electron chi connectivity index (χ1n) is 5.35. The molecular weight excluding hydrogens is 218 g/mol. The lowest BCUT2D eigenvalue weighted by Crippen LogP contribution is -2.41. The van der Waals surface area contributed by atoms with Gasteiger partial charge in [-0.2, -0.15) is 5.26 Å². The van der Waals surface area contributed by atoms with Gasteiger partial charge in [-0.05, 0) is 18.9 Å². The molecule has 0 aromatic carbocycles. The van der Waals surface area contributed by atoms with Crippen LogP contribution in [0.4, 0.5) is 11.5 Å². The highest BCUT2D eigenvalue weighted by molar-refractivity contribution is 5.85. The fourth-order valence-electron chi connectivity index (χ4n) is 2.09. The Morgan fingerprint density at radius 1 is 1.65 bits per heavy atom. The maximum absolute atomic E-state index is 11.3. The summed E-state index contributed by atoms with van der Waals surface area (Å²) in [7, 11) is 0. The summed E-state index contributed by atoms with van der Waals surface area (Å²) in [6.07, 6.45) is 3.05. The Morgan fingerprint density at radius 3 is 3.00 bits per heavy atom. The summed E-state index contributed by atoms with van der Waals surface area (Å²) in [5.74, 6) is 0.165. The molecule has 6 heteroatoms. The summed E-state index contributed by atoms with van der Waals surface area (Å²) in [6, 6.07) is 3.17. The average molecular weight is 231 g/mol. The van der Waals surface area contributed by atoms with E-state index in [-0.39, 0.29) is 11.9 Å². The quantitative estimate of drug-likeness (QED) is 0.744. The molecule has 6 nitrogen and oxygen atoms in total. The molecule has 0 bridgehead atoms. The van der Waals surface area contributed by atoms with E-state index in [0.29, 0.717) is 23.6 Å². The van der Waals surface area contributed by atoms with Gasteiger partial charge in [0.2, 0.25) is 5.91 Å². The summed E-state index contributed by atoms with van der Waals surface area (Å²) < 4.78 is 0. The second-order valence-corrected chi connectivity index (χ2v) is 4.00. The van der Waals surface area contributed by atoms with E-state index in [9.17, 15) is 4.79 Å². The van der Waals surface area contributed by atoms with Gasteiger partial charge >= 0.3 is 0 Å². The summed E-state index contributed by atoms with van der Waals surface area (Å²) in [5, 5.41) is 8.73. The monoisotopic (exact) mass is 231 g/mol. The van der Waals surface area contributed by atoms with E-state index in [4.69, 9.17) is 16.7 Å². The topological polar surface area (TPSA) is 109 Å². The van der Waals surface area contributed by atoms with Crippen LogP contribution in [0.25, 0.3) is 0 Å². The van der Waals surface area contributed by atoms with Crippen LogP contribution in [0.15, 0.2) is 12.3 Å². The SMILES string of the molecule is N#Cc1cnc(N2CCCC2C(N)=O)c(N)c1. The van der Waals surface area contributed by atoms with E-state index in [1.54, 1.807) is 11.0 Å². The Labute approximate surface area is 98.8 Å². The fourth-order valence-corrected chi connectivity index (χ4v) is 2.09. The second-order valence-electron chi connectivity index (χ2n) is 4.00. The Morgan fingerprint density at radius 2 is 2.41 bits per heavy atom. The first-order chi connectivity index (χ1) is 8.13. The van der Waals surface area contributed by atoms with E-state index >= 15 is 0 Å². The number of nitrogen functional groups attached to an aromatic ring is 1. The van der Waals surface area contributed by atoms with Crippen LogP contribution in [0, 0.1) is 11.3 Å². The van der Waals surface area contributed by atoms with Crippen molar-refractivity contribution in [2.75, 3.05) is 17.2 Å². The minimum Gasteiger partial charge on any atom is -0.396 e. The number of nitriles is 1. The summed E-state index contributed by atoms with van der Waals surface area (Å²) in [6.45, 7) is 0.705. The number of hydrogen-bond acceptors (Lipinski definition) is 5. The molecule has 1 unspecified atom stereocenters. The Bertz CT molecular complexity index is 493. The van der Waals surface area contributed by atoms with Crippen LogP contribution < -0.4 is 16.4 Å². The molecule has 88 valence electrons. The third-order valence-corrected chi connectivity index (χ3v) is 2.88. The molecule has 1 fully saturated rings. The molecule has 1 atom stereocenters. The second kappa shape index (κ2) is 4.29. The van der Waals surface area contributed by atoms with Crippen LogP contribution in [0.5, 0.6) is 0 Å². The van der Waals surface area contributed by atoms with E-state index in [1.807, 2.05) is 6.07 Å². The number of rotatable bonds is 2. The van der Waals surface area contributed by atoms with E-state index in [0.717, 1.165) is 12.8 Å². The molecule has 1 aliphatic rings. The maximum Gasteiger partial charge on any atom is 0.240 e. The van der Waals surface area contributed by atoms with Crippen molar-refractivity contribution in [3.8, 4) is 6.07 Å². The lowest BCUT2D eigenvalue weighted by atomic mass is 10.2. The number of hydrogen-bond donors (Lipinski definition) is 2. The van der Waals surface area contributed by atoms with Gasteiger partial charge in [0.15, 0.2) is 5.82 Å². The van der Waals surface area contributed by atoms with Crippen molar-refractivity contribution < 1.29 is 4.79 Å². The molecule has 2 heterocycles. The van der Waals surface area contributed by atoms with Crippen LogP contribution in [-0.2, 0) is 4.79 Å². The summed E-state index contributed by atoms with van der Waals surface area (Å²) in [4.78, 5) is 17.2. The first kappa shape index (κ1) is 11.2. The summed E-state index contributed by atoms with van der Waals surface area (Å²) in [5.41, 5.74) is 12.0. The number of primary amides is 1. The van der Waals surface area contributed by atoms with Gasteiger partial charge in [-0.15, -0.1) is 0 Å². The predicted octanol–water partition coefficient (Wildman–Crippen LogP) is -0.0104. The highest BCUT2D eigenvalue weighted by atomic mass is 16.1. The molecule has 4 N–H and O–H groups in total. The van der Waals surface area contributed by atoms with Gasteiger partial charge < -0.3 is 16.4 Å². The van der Waals surface area contributed by atoms with Crippen molar-refractivity contribution in [2.45, 2.75) is 18.9 Å². The zero-order valence-electron chi connectivity index (χ0n) is 9.26. The van der Waals surface area contributed by atoms with Crippen molar-refractivity contribution in [2.24, 2.45) is 5.73 Å². The van der Waals surface area contributed by atoms with Crippen LogP contribution in [-0.4, -0.2) is 23.5 Å². The Hall–Kier alpha value is -2.29. The molecule has 1 amide bonds. The van der Waals surface area contributed by atoms with E-state index in [1.165, 1.54) is 6.20 Å². The number of anilines is 2. The maximum atomic E-state index is 11.3. The standard InChI is InChI=1S/C11H13N5O/c12-5-7-4-8(13)11(15-6-7)16-3-1-2-9(16)10(14)17/h4,6,9H,1-3,13H2,(H2,14,17). The fraction of sp³-hybridized carbons (Fsp3) is 0.364. The highest BCUT2D eigenvalue weighted by Crippen LogP contribution is 2.28. The number of nitrogens with two attached hydrogens (primary N) is 2. The largest absolute Gasteiger partial charge is 0.396 e. The molecule has 1 aliphatic heterocycles. The third kappa shape index (κ3) is 1.99. The van der Waals surface area contributed by atoms with E-state index in [2.05, 4.69) is 4.98 Å². The molecule has 0 radical (unpaired) electrons. The molecule has 0 aliphatic carbocycles. The smallest absolute Gasteiger partial charge is 0.240 e. The van der Waals surface area contributed by atoms with Crippen LogP contribution >= 0.6 is 0 Å². The number of carbonyl (C=O) groups is 1. The third-order valence-electron chi connectivity index (χ3n) is 2.88. The highest BCUT2D eigenvalue weighted by Gasteiger charge is 2.31. The van der Waals surface area contributed by atoms with Crippen molar-refractivity contribution in [1.82, 2.24) is 4.98 Å². The average Bonchev–Trinajstić information content (AvgIpc) is 2.77. The van der Waals surface area contributed by atoms with Gasteiger partial charge in [0.25, 0.3) is 0 Å². The van der Waals surface area contributed by atoms with Crippen LogP contribution in [0.3, 0.4) is 0 Å². The van der Waals surface area contributed by atoms with Crippen LogP contribution in [0.1, 0.15) is 18.4 Å². The molecule has 1 aromatic rings. The lowest BCUT2D eigenvalue weighted by Gasteiger charge is -2.24. The normalized spacial score (nSPS) is 19.0. The van der Waals surface area contributed by atoms with Crippen molar-refractivity contribution >= 4 is 17.4 Å². The van der Waals surface area contributed by atoms with Crippen LogP contribution in [0.2, 0.25) is 0 Å². The van der Waals surface area contributed by atoms with Gasteiger partial charge in [0.05, 0.1) is 11.3 Å². The Balaban J connectivity index is 2.34. The number of nitrogens with zero attached hydrogens (tertiary/aromatic N) is 3. The van der Waals surface area contributed by atoms with Gasteiger partial charge in [-0.3, -0.25) is 4.79 Å². The molecule has 17 heavy (non-hydrogen) atoms. The number of pyridine rings is 1.